The summed E-state index contributed by atoms with van der Waals surface area (Å²) in [5, 5.41) is 9.50. The summed E-state index contributed by atoms with van der Waals surface area (Å²) in [5.74, 6) is 0. The first-order valence-corrected chi connectivity index (χ1v) is 3.43. The van der Waals surface area contributed by atoms with Crippen LogP contribution in [0, 0.1) is 5.41 Å². The van der Waals surface area contributed by atoms with Crippen LogP contribution in [0.15, 0.2) is 0 Å². The summed E-state index contributed by atoms with van der Waals surface area (Å²) in [7, 11) is 0. The number of hydrogen-bond acceptors (Lipinski definition) is 2. The molecule has 0 aliphatic heterocycles. The summed E-state index contributed by atoms with van der Waals surface area (Å²) in [5.41, 5.74) is 0.0586. The van der Waals surface area contributed by atoms with Gasteiger partial charge in [-0.05, 0) is 6.42 Å². The fourth-order valence-corrected chi connectivity index (χ4v) is 1.25. The molecule has 0 aromatic heterocycles. The van der Waals surface area contributed by atoms with Crippen molar-refractivity contribution < 1.29 is 5.11 Å². The molecule has 48 valence electrons. The average Bonchev–Trinajstić information content (AvgIpc) is 1.68. The van der Waals surface area contributed by atoms with Gasteiger partial charge in [0.25, 0.3) is 0 Å². The number of rotatable bonds is 0. The van der Waals surface area contributed by atoms with Crippen LogP contribution in [-0.2, 0) is 0 Å². The van der Waals surface area contributed by atoms with E-state index in [-0.39, 0.29) is 11.5 Å². The van der Waals surface area contributed by atoms with E-state index in [0.717, 1.165) is 6.42 Å². The quantitative estimate of drug-likeness (QED) is 0.472. The van der Waals surface area contributed by atoms with E-state index in [9.17, 15) is 0 Å². The summed E-state index contributed by atoms with van der Waals surface area (Å²) in [6.45, 7) is 4.08. The molecule has 1 aliphatic rings. The number of thiol groups is 1. The maximum atomic E-state index is 9.10. The van der Waals surface area contributed by atoms with Gasteiger partial charge in [0.2, 0.25) is 0 Å². The molecule has 1 aliphatic carbocycles. The summed E-state index contributed by atoms with van der Waals surface area (Å²) in [4.78, 5) is 0. The maximum absolute atomic E-state index is 9.10. The largest absolute Gasteiger partial charge is 0.392 e. The van der Waals surface area contributed by atoms with E-state index >= 15 is 0 Å². The van der Waals surface area contributed by atoms with Gasteiger partial charge < -0.3 is 5.11 Å². The Hall–Kier alpha value is 0.310. The molecule has 1 saturated carbocycles. The Balaban J connectivity index is 2.52. The van der Waals surface area contributed by atoms with Crippen molar-refractivity contribution in [2.24, 2.45) is 5.41 Å². The average molecular weight is 132 g/mol. The molecular formula is C6H12OS. The molecule has 2 heteroatoms. The normalized spacial score (nSPS) is 43.5. The molecule has 0 saturated heterocycles. The van der Waals surface area contributed by atoms with E-state index in [4.69, 9.17) is 5.11 Å². The minimum atomic E-state index is -0.120. The van der Waals surface area contributed by atoms with E-state index < -0.39 is 0 Å². The minimum absolute atomic E-state index is 0.0586. The molecule has 0 aromatic carbocycles. The second-order valence-electron chi connectivity index (χ2n) is 3.09. The van der Waals surface area contributed by atoms with Crippen LogP contribution in [0.1, 0.15) is 20.3 Å². The molecule has 1 fully saturated rings. The zero-order valence-electron chi connectivity index (χ0n) is 5.26. The third kappa shape index (κ3) is 0.669. The van der Waals surface area contributed by atoms with E-state index in [1.165, 1.54) is 0 Å². The summed E-state index contributed by atoms with van der Waals surface area (Å²) >= 11 is 4.26. The summed E-state index contributed by atoms with van der Waals surface area (Å²) in [6.07, 6.45) is 0.737. The molecule has 0 radical (unpaired) electrons. The van der Waals surface area contributed by atoms with Crippen molar-refractivity contribution >= 4 is 12.6 Å². The fraction of sp³-hybridized carbons (Fsp3) is 1.00. The predicted molar refractivity (Wildman–Crippen MR) is 37.2 cm³/mol. The molecule has 0 amide bonds. The highest BCUT2D eigenvalue weighted by Crippen LogP contribution is 2.43. The van der Waals surface area contributed by atoms with Gasteiger partial charge in [-0.1, -0.05) is 13.8 Å². The van der Waals surface area contributed by atoms with Crippen LogP contribution >= 0.6 is 12.6 Å². The van der Waals surface area contributed by atoms with E-state index in [2.05, 4.69) is 12.6 Å². The second kappa shape index (κ2) is 1.64. The van der Waals surface area contributed by atoms with E-state index in [1.807, 2.05) is 13.8 Å². The van der Waals surface area contributed by atoms with E-state index in [1.54, 1.807) is 0 Å². The summed E-state index contributed by atoms with van der Waals surface area (Å²) in [6, 6.07) is 0. The highest BCUT2D eigenvalue weighted by Gasteiger charge is 2.44. The zero-order chi connectivity index (χ0) is 6.36. The van der Waals surface area contributed by atoms with Crippen molar-refractivity contribution in [1.29, 1.82) is 0 Å². The molecule has 1 nitrogen and oxygen atoms in total. The van der Waals surface area contributed by atoms with Crippen LogP contribution in [0.25, 0.3) is 0 Å². The Morgan fingerprint density at radius 1 is 1.62 bits per heavy atom. The van der Waals surface area contributed by atoms with Crippen LogP contribution in [0.2, 0.25) is 0 Å². The smallest absolute Gasteiger partial charge is 0.0612 e. The zero-order valence-corrected chi connectivity index (χ0v) is 6.15. The third-order valence-corrected chi connectivity index (χ3v) is 3.04. The Morgan fingerprint density at radius 3 is 2.12 bits per heavy atom. The van der Waals surface area contributed by atoms with Crippen LogP contribution in [0.4, 0.5) is 0 Å². The van der Waals surface area contributed by atoms with Crippen molar-refractivity contribution in [2.45, 2.75) is 31.6 Å². The van der Waals surface area contributed by atoms with Crippen molar-refractivity contribution in [3.8, 4) is 0 Å². The lowest BCUT2D eigenvalue weighted by atomic mass is 9.69. The molecule has 0 aromatic rings. The first kappa shape index (κ1) is 6.43. The molecule has 0 heterocycles. The molecule has 1 N–H and O–H groups in total. The Morgan fingerprint density at radius 2 is 2.12 bits per heavy atom. The van der Waals surface area contributed by atoms with Crippen LogP contribution in [0.5, 0.6) is 0 Å². The van der Waals surface area contributed by atoms with Crippen LogP contribution in [0.3, 0.4) is 0 Å². The highest BCUT2D eigenvalue weighted by atomic mass is 32.1. The molecule has 2 atom stereocenters. The third-order valence-electron chi connectivity index (χ3n) is 2.16. The number of aliphatic hydroxyl groups excluding tert-OH is 1. The molecule has 2 unspecified atom stereocenters. The molecular weight excluding hydrogens is 120 g/mol. The van der Waals surface area contributed by atoms with Crippen molar-refractivity contribution in [3.63, 3.8) is 0 Å². The lowest BCUT2D eigenvalue weighted by Crippen LogP contribution is -2.50. The molecule has 0 spiro atoms. The lowest BCUT2D eigenvalue weighted by molar-refractivity contribution is -0.0298. The minimum Gasteiger partial charge on any atom is -0.392 e. The van der Waals surface area contributed by atoms with Gasteiger partial charge in [0.1, 0.15) is 0 Å². The Bertz CT molecular complexity index is 90.7. The first-order chi connectivity index (χ1) is 3.55. The van der Waals surface area contributed by atoms with Gasteiger partial charge in [-0.3, -0.25) is 0 Å². The highest BCUT2D eigenvalue weighted by molar-refractivity contribution is 7.81. The molecule has 1 rings (SSSR count). The van der Waals surface area contributed by atoms with Gasteiger partial charge in [0.05, 0.1) is 6.10 Å². The number of aliphatic hydroxyl groups is 1. The van der Waals surface area contributed by atoms with Gasteiger partial charge in [-0.15, -0.1) is 0 Å². The fourth-order valence-electron chi connectivity index (χ4n) is 0.881. The standard InChI is InChI=1S/C6H12OS/c1-6(2)4(7)3-5(6)8/h4-5,7-8H,3H2,1-2H3. The predicted octanol–water partition coefficient (Wildman–Crippen LogP) is 1.08. The topological polar surface area (TPSA) is 20.2 Å². The SMILES string of the molecule is CC1(C)C(O)CC1S. The summed E-state index contributed by atoms with van der Waals surface area (Å²) < 4.78 is 0. The van der Waals surface area contributed by atoms with Gasteiger partial charge in [-0.2, -0.15) is 12.6 Å². The number of hydrogen-bond donors (Lipinski definition) is 2. The van der Waals surface area contributed by atoms with Gasteiger partial charge in [0.15, 0.2) is 0 Å². The van der Waals surface area contributed by atoms with Crippen molar-refractivity contribution in [2.75, 3.05) is 0 Å². The van der Waals surface area contributed by atoms with Gasteiger partial charge in [-0.25, -0.2) is 0 Å². The molecule has 0 bridgehead atoms. The van der Waals surface area contributed by atoms with Crippen molar-refractivity contribution in [3.05, 3.63) is 0 Å². The van der Waals surface area contributed by atoms with Gasteiger partial charge >= 0.3 is 0 Å². The maximum Gasteiger partial charge on any atom is 0.0612 e. The molecule has 8 heavy (non-hydrogen) atoms. The Kier molecular flexibility index (Phi) is 1.32. The second-order valence-corrected chi connectivity index (χ2v) is 3.71. The van der Waals surface area contributed by atoms with Gasteiger partial charge in [0, 0.05) is 10.7 Å². The lowest BCUT2D eigenvalue weighted by Gasteiger charge is -2.46. The van der Waals surface area contributed by atoms with E-state index in [0.29, 0.717) is 5.25 Å². The first-order valence-electron chi connectivity index (χ1n) is 2.91. The van der Waals surface area contributed by atoms with Crippen LogP contribution < -0.4 is 0 Å². The van der Waals surface area contributed by atoms with Crippen LogP contribution in [-0.4, -0.2) is 16.5 Å². The van der Waals surface area contributed by atoms with Crippen molar-refractivity contribution in [1.82, 2.24) is 0 Å². The Labute approximate surface area is 55.5 Å². The monoisotopic (exact) mass is 132 g/mol.